The molecule has 1 aromatic rings. The maximum absolute atomic E-state index is 4.34. The predicted octanol–water partition coefficient (Wildman–Crippen LogP) is -0.307. The highest BCUT2D eigenvalue weighted by Crippen LogP contribution is 1.99. The first-order chi connectivity index (χ1) is 5.24. The molecule has 0 amide bonds. The van der Waals surface area contributed by atoms with E-state index in [1.165, 1.54) is 5.69 Å². The summed E-state index contributed by atoms with van der Waals surface area (Å²) in [6.07, 6.45) is 0. The fourth-order valence-electron chi connectivity index (χ4n) is 1.15. The fourth-order valence-corrected chi connectivity index (χ4v) is 1.15. The summed E-state index contributed by atoms with van der Waals surface area (Å²) in [5.41, 5.74) is 2.36. The molecule has 0 bridgehead atoms. The lowest BCUT2D eigenvalue weighted by Gasteiger charge is -2.00. The Hall–Kier alpha value is -0.830. The van der Waals surface area contributed by atoms with Crippen molar-refractivity contribution in [3.05, 3.63) is 17.5 Å². The number of hydrogen-bond acceptors (Lipinski definition) is 1. The van der Waals surface area contributed by atoms with Crippen LogP contribution in [0, 0.1) is 13.8 Å². The molecule has 0 aromatic carbocycles. The van der Waals surface area contributed by atoms with E-state index in [0.717, 1.165) is 18.8 Å². The third-order valence-electron chi connectivity index (χ3n) is 1.73. The molecule has 0 saturated heterocycles. The van der Waals surface area contributed by atoms with Gasteiger partial charge in [-0.05, 0) is 19.9 Å². The van der Waals surface area contributed by atoms with Gasteiger partial charge in [-0.25, -0.2) is 0 Å². The van der Waals surface area contributed by atoms with Crippen molar-refractivity contribution in [3.8, 4) is 0 Å². The second-order valence-corrected chi connectivity index (χ2v) is 2.85. The van der Waals surface area contributed by atoms with Gasteiger partial charge in [-0.1, -0.05) is 0 Å². The van der Waals surface area contributed by atoms with Crippen molar-refractivity contribution in [1.82, 2.24) is 9.78 Å². The van der Waals surface area contributed by atoms with Crippen molar-refractivity contribution in [2.45, 2.75) is 20.4 Å². The van der Waals surface area contributed by atoms with Crippen LogP contribution in [0.1, 0.15) is 11.4 Å². The lowest BCUT2D eigenvalue weighted by Crippen LogP contribution is -2.80. The lowest BCUT2D eigenvalue weighted by atomic mass is 10.4. The second kappa shape index (κ2) is 3.53. The summed E-state index contributed by atoms with van der Waals surface area (Å²) in [6.45, 7) is 6.23. The van der Waals surface area contributed by atoms with Crippen LogP contribution in [0.3, 0.4) is 0 Å². The van der Waals surface area contributed by atoms with Gasteiger partial charge in [-0.15, -0.1) is 0 Å². The molecule has 11 heavy (non-hydrogen) atoms. The van der Waals surface area contributed by atoms with Gasteiger partial charge in [-0.2, -0.15) is 5.10 Å². The van der Waals surface area contributed by atoms with E-state index in [1.807, 2.05) is 6.92 Å². The average molecular weight is 154 g/mol. The molecule has 3 heteroatoms. The van der Waals surface area contributed by atoms with Crippen LogP contribution in [0.2, 0.25) is 0 Å². The van der Waals surface area contributed by atoms with Crippen molar-refractivity contribution in [3.63, 3.8) is 0 Å². The summed E-state index contributed by atoms with van der Waals surface area (Å²) < 4.78 is 2.05. The van der Waals surface area contributed by atoms with Crippen LogP contribution in [0.15, 0.2) is 6.07 Å². The van der Waals surface area contributed by atoms with Gasteiger partial charge in [0.05, 0.1) is 25.8 Å². The van der Waals surface area contributed by atoms with E-state index < -0.39 is 0 Å². The minimum absolute atomic E-state index is 1.01. The molecular weight excluding hydrogens is 138 g/mol. The molecule has 1 heterocycles. The number of aromatic nitrogens is 2. The number of rotatable bonds is 3. The summed E-state index contributed by atoms with van der Waals surface area (Å²) in [5.74, 6) is 0. The van der Waals surface area contributed by atoms with Crippen LogP contribution < -0.4 is 5.32 Å². The van der Waals surface area contributed by atoms with Crippen molar-refractivity contribution in [2.24, 2.45) is 0 Å². The molecule has 1 aromatic heterocycles. The number of quaternary nitrogens is 1. The molecule has 0 spiro atoms. The van der Waals surface area contributed by atoms with Gasteiger partial charge in [0, 0.05) is 5.69 Å². The smallest absolute Gasteiger partial charge is 0.0952 e. The number of hydrogen-bond donors (Lipinski definition) is 1. The normalized spacial score (nSPS) is 10.5. The third-order valence-corrected chi connectivity index (χ3v) is 1.73. The van der Waals surface area contributed by atoms with Crippen molar-refractivity contribution in [2.75, 3.05) is 13.6 Å². The van der Waals surface area contributed by atoms with E-state index in [-0.39, 0.29) is 0 Å². The zero-order valence-electron chi connectivity index (χ0n) is 7.46. The standard InChI is InChI=1S/C8H15N3/c1-7-6-8(2)11(10-7)5-4-9-3/h6,9H,4-5H2,1-3H3/p+1. The van der Waals surface area contributed by atoms with Crippen molar-refractivity contribution < 1.29 is 5.32 Å². The number of nitrogens with two attached hydrogens (primary N) is 1. The molecule has 0 radical (unpaired) electrons. The van der Waals surface area contributed by atoms with E-state index in [9.17, 15) is 0 Å². The Morgan fingerprint density at radius 2 is 2.27 bits per heavy atom. The Kier molecular flexibility index (Phi) is 2.65. The van der Waals surface area contributed by atoms with Gasteiger partial charge < -0.3 is 5.32 Å². The third kappa shape index (κ3) is 2.05. The van der Waals surface area contributed by atoms with E-state index >= 15 is 0 Å². The quantitative estimate of drug-likeness (QED) is 0.637. The first-order valence-corrected chi connectivity index (χ1v) is 4.03. The predicted molar refractivity (Wildman–Crippen MR) is 44.4 cm³/mol. The highest BCUT2D eigenvalue weighted by molar-refractivity contribution is 5.06. The largest absolute Gasteiger partial charge is 0.347 e. The highest BCUT2D eigenvalue weighted by atomic mass is 15.3. The molecule has 0 aliphatic rings. The Labute approximate surface area is 67.4 Å². The molecule has 2 N–H and O–H groups in total. The Morgan fingerprint density at radius 1 is 1.55 bits per heavy atom. The summed E-state index contributed by atoms with van der Waals surface area (Å²) in [5, 5.41) is 6.51. The van der Waals surface area contributed by atoms with Crippen molar-refractivity contribution in [1.29, 1.82) is 0 Å². The number of aryl methyl sites for hydroxylation is 2. The topological polar surface area (TPSA) is 34.4 Å². The van der Waals surface area contributed by atoms with Crippen LogP contribution in [-0.2, 0) is 6.54 Å². The minimum atomic E-state index is 1.01. The Bertz CT molecular complexity index is 227. The van der Waals surface area contributed by atoms with Crippen molar-refractivity contribution >= 4 is 0 Å². The average Bonchev–Trinajstić information content (AvgIpc) is 2.26. The lowest BCUT2D eigenvalue weighted by molar-refractivity contribution is -0.628. The zero-order chi connectivity index (χ0) is 8.27. The Morgan fingerprint density at radius 3 is 2.73 bits per heavy atom. The molecule has 0 unspecified atom stereocenters. The van der Waals surface area contributed by atoms with E-state index in [4.69, 9.17) is 0 Å². The van der Waals surface area contributed by atoms with Crippen LogP contribution in [0.25, 0.3) is 0 Å². The summed E-state index contributed by atoms with van der Waals surface area (Å²) in [4.78, 5) is 0. The number of likely N-dealkylation sites (N-methyl/N-ethyl adjacent to an activating group) is 1. The van der Waals surface area contributed by atoms with Gasteiger partial charge >= 0.3 is 0 Å². The molecule has 3 nitrogen and oxygen atoms in total. The van der Waals surface area contributed by atoms with Gasteiger partial charge in [0.25, 0.3) is 0 Å². The monoisotopic (exact) mass is 154 g/mol. The van der Waals surface area contributed by atoms with Gasteiger partial charge in [0.1, 0.15) is 0 Å². The molecule has 62 valence electrons. The zero-order valence-corrected chi connectivity index (χ0v) is 7.46. The first kappa shape index (κ1) is 8.27. The molecule has 0 aliphatic carbocycles. The summed E-state index contributed by atoms with van der Waals surface area (Å²) >= 11 is 0. The summed E-state index contributed by atoms with van der Waals surface area (Å²) in [7, 11) is 2.08. The molecule has 1 rings (SSSR count). The van der Waals surface area contributed by atoms with Gasteiger partial charge in [0.2, 0.25) is 0 Å². The molecular formula is C8H16N3+. The highest BCUT2D eigenvalue weighted by Gasteiger charge is 1.99. The van der Waals surface area contributed by atoms with Crippen LogP contribution in [-0.4, -0.2) is 23.4 Å². The molecule has 0 fully saturated rings. The van der Waals surface area contributed by atoms with Crippen LogP contribution >= 0.6 is 0 Å². The Balaban J connectivity index is 2.62. The number of nitrogens with zero attached hydrogens (tertiary/aromatic N) is 2. The SMILES string of the molecule is C[NH2+]CCn1nc(C)cc1C. The van der Waals surface area contributed by atoms with Crippen LogP contribution in [0.5, 0.6) is 0 Å². The summed E-state index contributed by atoms with van der Waals surface area (Å²) in [6, 6.07) is 2.11. The van der Waals surface area contributed by atoms with Gasteiger partial charge in [0.15, 0.2) is 0 Å². The first-order valence-electron chi connectivity index (χ1n) is 4.03. The second-order valence-electron chi connectivity index (χ2n) is 2.85. The molecule has 0 atom stereocenters. The molecule has 0 saturated carbocycles. The maximum atomic E-state index is 4.34. The van der Waals surface area contributed by atoms with Crippen LogP contribution in [0.4, 0.5) is 0 Å². The van der Waals surface area contributed by atoms with E-state index in [0.29, 0.717) is 0 Å². The maximum Gasteiger partial charge on any atom is 0.0952 e. The van der Waals surface area contributed by atoms with E-state index in [2.05, 4.69) is 35.1 Å². The minimum Gasteiger partial charge on any atom is -0.347 e. The van der Waals surface area contributed by atoms with Gasteiger partial charge in [-0.3, -0.25) is 4.68 Å². The van der Waals surface area contributed by atoms with E-state index in [1.54, 1.807) is 0 Å². The molecule has 0 aliphatic heterocycles. The fraction of sp³-hybridized carbons (Fsp3) is 0.625.